The molecule has 1 aromatic carbocycles. The third-order valence-corrected chi connectivity index (χ3v) is 3.95. The maximum Gasteiger partial charge on any atom is 0.142 e. The summed E-state index contributed by atoms with van der Waals surface area (Å²) in [5.74, 6) is -0.362. The van der Waals surface area contributed by atoms with E-state index in [4.69, 9.17) is 16.3 Å². The van der Waals surface area contributed by atoms with Crippen LogP contribution in [0.25, 0.3) is 0 Å². The van der Waals surface area contributed by atoms with E-state index in [9.17, 15) is 4.39 Å². The van der Waals surface area contributed by atoms with Crippen LogP contribution in [0.5, 0.6) is 0 Å². The van der Waals surface area contributed by atoms with Gasteiger partial charge in [-0.25, -0.2) is 4.39 Å². The van der Waals surface area contributed by atoms with Gasteiger partial charge >= 0.3 is 0 Å². The van der Waals surface area contributed by atoms with E-state index in [1.807, 2.05) is 6.07 Å². The number of nitrogens with one attached hydrogen (secondary N) is 1. The van der Waals surface area contributed by atoms with Crippen LogP contribution in [-0.4, -0.2) is 19.3 Å². The summed E-state index contributed by atoms with van der Waals surface area (Å²) < 4.78 is 19.0. The number of hydrogen-bond donors (Lipinski definition) is 1. The Morgan fingerprint density at radius 2 is 2.05 bits per heavy atom. The van der Waals surface area contributed by atoms with Crippen molar-refractivity contribution < 1.29 is 9.13 Å². The third kappa shape index (κ3) is 4.75. The Hall–Kier alpha value is -0.640. The Morgan fingerprint density at radius 3 is 2.84 bits per heavy atom. The zero-order valence-electron chi connectivity index (χ0n) is 11.1. The van der Waals surface area contributed by atoms with Gasteiger partial charge in [0.05, 0.1) is 17.7 Å². The van der Waals surface area contributed by atoms with E-state index in [0.717, 1.165) is 12.1 Å². The molecule has 0 amide bonds. The molecule has 0 heterocycles. The molecule has 2 nitrogen and oxygen atoms in total. The predicted octanol–water partition coefficient (Wildman–Crippen LogP) is 3.92. The fourth-order valence-electron chi connectivity index (χ4n) is 2.44. The second-order valence-electron chi connectivity index (χ2n) is 5.02. The van der Waals surface area contributed by atoms with Crippen LogP contribution >= 0.6 is 11.6 Å². The zero-order chi connectivity index (χ0) is 13.5. The molecule has 1 fully saturated rings. The van der Waals surface area contributed by atoms with Crippen LogP contribution in [0.4, 0.5) is 4.39 Å². The molecule has 0 aromatic heterocycles. The number of halogens is 2. The van der Waals surface area contributed by atoms with Gasteiger partial charge in [-0.15, -0.1) is 0 Å². The average molecular weight is 286 g/mol. The highest BCUT2D eigenvalue weighted by Gasteiger charge is 2.13. The summed E-state index contributed by atoms with van der Waals surface area (Å²) in [5.41, 5.74) is 0.791. The van der Waals surface area contributed by atoms with Crippen molar-refractivity contribution >= 4 is 11.6 Å². The number of benzene rings is 1. The Labute approximate surface area is 119 Å². The van der Waals surface area contributed by atoms with E-state index in [-0.39, 0.29) is 10.8 Å². The quantitative estimate of drug-likeness (QED) is 0.800. The molecule has 0 aliphatic heterocycles. The molecule has 0 atom stereocenters. The molecule has 0 spiro atoms. The van der Waals surface area contributed by atoms with Crippen LogP contribution < -0.4 is 5.32 Å². The fourth-order valence-corrected chi connectivity index (χ4v) is 2.63. The largest absolute Gasteiger partial charge is 0.377 e. The second-order valence-corrected chi connectivity index (χ2v) is 5.40. The molecule has 1 saturated carbocycles. The van der Waals surface area contributed by atoms with Gasteiger partial charge in [-0.05, 0) is 24.5 Å². The molecule has 0 saturated heterocycles. The molecular formula is C15H21ClFNO. The summed E-state index contributed by atoms with van der Waals surface area (Å²) in [5, 5.41) is 3.44. The van der Waals surface area contributed by atoms with Crippen molar-refractivity contribution in [1.29, 1.82) is 0 Å². The molecular weight excluding hydrogens is 265 g/mol. The second kappa shape index (κ2) is 7.83. The van der Waals surface area contributed by atoms with Crippen molar-refractivity contribution in [2.24, 2.45) is 0 Å². The topological polar surface area (TPSA) is 21.3 Å². The number of ether oxygens (including phenoxy) is 1. The van der Waals surface area contributed by atoms with Gasteiger partial charge in [0.1, 0.15) is 5.82 Å². The van der Waals surface area contributed by atoms with Gasteiger partial charge in [-0.1, -0.05) is 43.0 Å². The lowest BCUT2D eigenvalue weighted by molar-refractivity contribution is 0.0302. The van der Waals surface area contributed by atoms with Crippen molar-refractivity contribution in [1.82, 2.24) is 5.32 Å². The van der Waals surface area contributed by atoms with Gasteiger partial charge in [-0.2, -0.15) is 0 Å². The minimum atomic E-state index is -0.362. The summed E-state index contributed by atoms with van der Waals surface area (Å²) in [7, 11) is 0. The lowest BCUT2D eigenvalue weighted by Crippen LogP contribution is -2.24. The average Bonchev–Trinajstić information content (AvgIpc) is 2.44. The summed E-state index contributed by atoms with van der Waals surface area (Å²) in [6.45, 7) is 2.05. The lowest BCUT2D eigenvalue weighted by atomic mass is 9.98. The molecule has 1 N–H and O–H groups in total. The Balaban J connectivity index is 1.62. The summed E-state index contributed by atoms with van der Waals surface area (Å²) in [6.07, 6.45) is 6.74. The first-order valence-corrected chi connectivity index (χ1v) is 7.40. The van der Waals surface area contributed by atoms with Crippen molar-refractivity contribution in [2.45, 2.75) is 44.8 Å². The minimum Gasteiger partial charge on any atom is -0.377 e. The van der Waals surface area contributed by atoms with Crippen LogP contribution in [-0.2, 0) is 11.3 Å². The molecule has 19 heavy (non-hydrogen) atoms. The van der Waals surface area contributed by atoms with E-state index >= 15 is 0 Å². The summed E-state index contributed by atoms with van der Waals surface area (Å²) >= 11 is 5.88. The Bertz CT molecular complexity index is 394. The van der Waals surface area contributed by atoms with Gasteiger partial charge in [-0.3, -0.25) is 0 Å². The van der Waals surface area contributed by atoms with Crippen molar-refractivity contribution in [3.8, 4) is 0 Å². The van der Waals surface area contributed by atoms with E-state index in [1.165, 1.54) is 38.2 Å². The Morgan fingerprint density at radius 1 is 1.26 bits per heavy atom. The highest BCUT2D eigenvalue weighted by molar-refractivity contribution is 6.31. The fraction of sp³-hybridized carbons (Fsp3) is 0.600. The zero-order valence-corrected chi connectivity index (χ0v) is 11.9. The van der Waals surface area contributed by atoms with E-state index in [2.05, 4.69) is 5.32 Å². The van der Waals surface area contributed by atoms with Crippen molar-refractivity contribution in [3.05, 3.63) is 34.6 Å². The standard InChI is InChI=1S/C15H21ClFNO/c16-15-12(5-4-8-14(15)17)11-18-9-10-19-13-6-2-1-3-7-13/h4-5,8,13,18H,1-3,6-7,9-11H2. The summed E-state index contributed by atoms with van der Waals surface area (Å²) in [4.78, 5) is 0. The molecule has 0 unspecified atom stereocenters. The van der Waals surface area contributed by atoms with Gasteiger partial charge in [0.15, 0.2) is 0 Å². The Kier molecular flexibility index (Phi) is 6.08. The maximum atomic E-state index is 13.2. The first kappa shape index (κ1) is 14.8. The number of hydrogen-bond acceptors (Lipinski definition) is 2. The van der Waals surface area contributed by atoms with Gasteiger partial charge in [0.2, 0.25) is 0 Å². The smallest absolute Gasteiger partial charge is 0.142 e. The minimum absolute atomic E-state index is 0.211. The van der Waals surface area contributed by atoms with Crippen LogP contribution in [0.1, 0.15) is 37.7 Å². The first-order chi connectivity index (χ1) is 9.27. The molecule has 0 bridgehead atoms. The van der Waals surface area contributed by atoms with Crippen LogP contribution in [0.15, 0.2) is 18.2 Å². The van der Waals surface area contributed by atoms with Gasteiger partial charge in [0.25, 0.3) is 0 Å². The summed E-state index contributed by atoms with van der Waals surface area (Å²) in [6, 6.07) is 4.88. The molecule has 1 aliphatic carbocycles. The predicted molar refractivity (Wildman–Crippen MR) is 75.9 cm³/mol. The van der Waals surface area contributed by atoms with Gasteiger partial charge in [0, 0.05) is 13.1 Å². The maximum absolute atomic E-state index is 13.2. The molecule has 0 radical (unpaired) electrons. The van der Waals surface area contributed by atoms with Crippen LogP contribution in [0, 0.1) is 5.82 Å². The van der Waals surface area contributed by atoms with Crippen molar-refractivity contribution in [3.63, 3.8) is 0 Å². The van der Waals surface area contributed by atoms with Crippen LogP contribution in [0.3, 0.4) is 0 Å². The van der Waals surface area contributed by atoms with Crippen LogP contribution in [0.2, 0.25) is 5.02 Å². The number of rotatable bonds is 6. The molecule has 1 aliphatic rings. The van der Waals surface area contributed by atoms with E-state index in [0.29, 0.717) is 19.3 Å². The SMILES string of the molecule is Fc1cccc(CNCCOC2CCCCC2)c1Cl. The highest BCUT2D eigenvalue weighted by Crippen LogP contribution is 2.20. The molecule has 4 heteroatoms. The molecule has 1 aromatic rings. The molecule has 106 valence electrons. The normalized spacial score (nSPS) is 16.7. The van der Waals surface area contributed by atoms with Gasteiger partial charge < -0.3 is 10.1 Å². The lowest BCUT2D eigenvalue weighted by Gasteiger charge is -2.22. The monoisotopic (exact) mass is 285 g/mol. The first-order valence-electron chi connectivity index (χ1n) is 7.02. The van der Waals surface area contributed by atoms with E-state index < -0.39 is 0 Å². The van der Waals surface area contributed by atoms with E-state index in [1.54, 1.807) is 6.07 Å². The highest BCUT2D eigenvalue weighted by atomic mass is 35.5. The van der Waals surface area contributed by atoms with Crippen molar-refractivity contribution in [2.75, 3.05) is 13.2 Å². The molecule has 2 rings (SSSR count). The third-order valence-electron chi connectivity index (χ3n) is 3.53.